The zero-order valence-corrected chi connectivity index (χ0v) is 13.5. The van der Waals surface area contributed by atoms with Gasteiger partial charge in [0, 0.05) is 26.4 Å². The number of methoxy groups -OCH3 is 1. The van der Waals surface area contributed by atoms with Crippen molar-refractivity contribution in [1.29, 1.82) is 0 Å². The maximum atomic E-state index is 12.5. The average Bonchev–Trinajstić information content (AvgIpc) is 3.18. The number of amides is 1. The summed E-state index contributed by atoms with van der Waals surface area (Å²) in [6.07, 6.45) is 2.45. The first-order valence-corrected chi connectivity index (χ1v) is 7.89. The molecule has 0 radical (unpaired) electrons. The number of hydrogen-bond acceptors (Lipinski definition) is 4. The Bertz CT molecular complexity index is 738. The van der Waals surface area contributed by atoms with E-state index in [-0.39, 0.29) is 11.9 Å². The Hall–Kier alpha value is -2.37. The van der Waals surface area contributed by atoms with Crippen LogP contribution in [0.1, 0.15) is 25.1 Å². The molecule has 1 saturated heterocycles. The zero-order valence-electron chi connectivity index (χ0n) is 13.5. The van der Waals surface area contributed by atoms with Crippen LogP contribution >= 0.6 is 0 Å². The molecular formula is C17H21N3O3. The number of carbonyl (C=O) groups excluding carboxylic acids is 2. The second-order valence-electron chi connectivity index (χ2n) is 5.84. The highest BCUT2D eigenvalue weighted by Crippen LogP contribution is 2.21. The second kappa shape index (κ2) is 6.40. The van der Waals surface area contributed by atoms with E-state index in [1.807, 2.05) is 35.9 Å². The molecule has 0 bridgehead atoms. The molecule has 2 heterocycles. The van der Waals surface area contributed by atoms with E-state index in [9.17, 15) is 9.59 Å². The van der Waals surface area contributed by atoms with Crippen molar-refractivity contribution in [3.8, 4) is 0 Å². The molecule has 1 aromatic carbocycles. The van der Waals surface area contributed by atoms with Gasteiger partial charge >= 0.3 is 5.97 Å². The van der Waals surface area contributed by atoms with Gasteiger partial charge < -0.3 is 14.2 Å². The Morgan fingerprint density at radius 1 is 1.35 bits per heavy atom. The number of nitrogens with zero attached hydrogens (tertiary/aromatic N) is 3. The molecule has 1 atom stereocenters. The molecule has 0 spiro atoms. The first kappa shape index (κ1) is 15.5. The summed E-state index contributed by atoms with van der Waals surface area (Å²) in [4.78, 5) is 30.4. The van der Waals surface area contributed by atoms with Crippen molar-refractivity contribution in [3.05, 3.63) is 30.1 Å². The Balaban J connectivity index is 1.68. The number of esters is 1. The van der Waals surface area contributed by atoms with Gasteiger partial charge in [0.25, 0.3) is 0 Å². The number of benzene rings is 1. The highest BCUT2D eigenvalue weighted by molar-refractivity contribution is 5.85. The van der Waals surface area contributed by atoms with Crippen LogP contribution in [0.5, 0.6) is 0 Å². The molecular weight excluding hydrogens is 294 g/mol. The monoisotopic (exact) mass is 315 g/mol. The van der Waals surface area contributed by atoms with Gasteiger partial charge in [-0.05, 0) is 25.0 Å². The number of ether oxygens (including phenoxy) is 1. The molecule has 122 valence electrons. The van der Waals surface area contributed by atoms with Crippen LogP contribution < -0.4 is 0 Å². The third-order valence-electron chi connectivity index (χ3n) is 4.49. The van der Waals surface area contributed by atoms with Gasteiger partial charge in [0.2, 0.25) is 5.91 Å². The SMILES string of the molecule is COC(=O)[C@@H]1CCCN1C(=O)CCc1nc2ccccc2n1C. The van der Waals surface area contributed by atoms with Crippen LogP contribution in [0, 0.1) is 0 Å². The van der Waals surface area contributed by atoms with E-state index in [1.165, 1.54) is 7.11 Å². The number of aryl methyl sites for hydroxylation is 2. The van der Waals surface area contributed by atoms with E-state index in [4.69, 9.17) is 4.74 Å². The van der Waals surface area contributed by atoms with E-state index >= 15 is 0 Å². The van der Waals surface area contributed by atoms with Crippen molar-refractivity contribution in [2.24, 2.45) is 7.05 Å². The average molecular weight is 315 g/mol. The minimum absolute atomic E-state index is 0.00930. The molecule has 1 amide bonds. The molecule has 0 saturated carbocycles. The van der Waals surface area contributed by atoms with Crippen molar-refractivity contribution in [3.63, 3.8) is 0 Å². The molecule has 1 aromatic heterocycles. The number of likely N-dealkylation sites (tertiary alicyclic amines) is 1. The number of hydrogen-bond donors (Lipinski definition) is 0. The van der Waals surface area contributed by atoms with Crippen molar-refractivity contribution >= 4 is 22.9 Å². The third kappa shape index (κ3) is 2.93. The number of aromatic nitrogens is 2. The molecule has 23 heavy (non-hydrogen) atoms. The summed E-state index contributed by atoms with van der Waals surface area (Å²) < 4.78 is 6.81. The van der Waals surface area contributed by atoms with Gasteiger partial charge in [-0.3, -0.25) is 4.79 Å². The summed E-state index contributed by atoms with van der Waals surface area (Å²) >= 11 is 0. The zero-order chi connectivity index (χ0) is 16.4. The fraction of sp³-hybridized carbons (Fsp3) is 0.471. The molecule has 6 nitrogen and oxygen atoms in total. The quantitative estimate of drug-likeness (QED) is 0.805. The molecule has 1 aliphatic rings. The molecule has 0 aliphatic carbocycles. The number of para-hydroxylation sites is 2. The first-order chi connectivity index (χ1) is 11.1. The summed E-state index contributed by atoms with van der Waals surface area (Å²) in [5.41, 5.74) is 2.00. The Morgan fingerprint density at radius 3 is 2.87 bits per heavy atom. The van der Waals surface area contributed by atoms with E-state index in [0.717, 1.165) is 23.3 Å². The molecule has 0 unspecified atom stereocenters. The lowest BCUT2D eigenvalue weighted by Gasteiger charge is -2.22. The first-order valence-electron chi connectivity index (χ1n) is 7.89. The van der Waals surface area contributed by atoms with Gasteiger partial charge in [0.15, 0.2) is 0 Å². The van der Waals surface area contributed by atoms with Gasteiger partial charge in [0.1, 0.15) is 11.9 Å². The maximum Gasteiger partial charge on any atom is 0.328 e. The molecule has 6 heteroatoms. The topological polar surface area (TPSA) is 64.4 Å². The molecule has 1 aliphatic heterocycles. The third-order valence-corrected chi connectivity index (χ3v) is 4.49. The molecule has 0 N–H and O–H groups in total. The minimum Gasteiger partial charge on any atom is -0.467 e. The normalized spacial score (nSPS) is 17.7. The molecule has 3 rings (SSSR count). The number of fused-ring (bicyclic) bond motifs is 1. The van der Waals surface area contributed by atoms with Crippen molar-refractivity contribution in [2.45, 2.75) is 31.7 Å². The largest absolute Gasteiger partial charge is 0.467 e. The number of rotatable bonds is 4. The molecule has 2 aromatic rings. The van der Waals surface area contributed by atoms with Gasteiger partial charge in [-0.15, -0.1) is 0 Å². The Kier molecular flexibility index (Phi) is 4.32. The predicted octanol–water partition coefficient (Wildman–Crippen LogP) is 1.67. The minimum atomic E-state index is -0.423. The van der Waals surface area contributed by atoms with Gasteiger partial charge in [-0.1, -0.05) is 12.1 Å². The van der Waals surface area contributed by atoms with Crippen LogP contribution in [-0.4, -0.2) is 46.0 Å². The van der Waals surface area contributed by atoms with E-state index in [0.29, 0.717) is 25.8 Å². The van der Waals surface area contributed by atoms with Crippen LogP contribution in [-0.2, 0) is 27.8 Å². The number of imidazole rings is 1. The van der Waals surface area contributed by atoms with Crippen LogP contribution in [0.25, 0.3) is 11.0 Å². The second-order valence-corrected chi connectivity index (χ2v) is 5.84. The lowest BCUT2D eigenvalue weighted by molar-refractivity contribution is -0.150. The maximum absolute atomic E-state index is 12.5. The fourth-order valence-electron chi connectivity index (χ4n) is 3.23. The van der Waals surface area contributed by atoms with Gasteiger partial charge in [-0.25, -0.2) is 9.78 Å². The van der Waals surface area contributed by atoms with Crippen LogP contribution in [0.3, 0.4) is 0 Å². The Labute approximate surface area is 135 Å². The fourth-order valence-corrected chi connectivity index (χ4v) is 3.23. The predicted molar refractivity (Wildman–Crippen MR) is 85.8 cm³/mol. The van der Waals surface area contributed by atoms with Crippen LogP contribution in [0.2, 0.25) is 0 Å². The van der Waals surface area contributed by atoms with Gasteiger partial charge in [0.05, 0.1) is 18.1 Å². The highest BCUT2D eigenvalue weighted by atomic mass is 16.5. The van der Waals surface area contributed by atoms with E-state index in [2.05, 4.69) is 4.98 Å². The lowest BCUT2D eigenvalue weighted by Crippen LogP contribution is -2.41. The smallest absolute Gasteiger partial charge is 0.328 e. The van der Waals surface area contributed by atoms with E-state index in [1.54, 1.807) is 4.90 Å². The van der Waals surface area contributed by atoms with Crippen LogP contribution in [0.4, 0.5) is 0 Å². The summed E-state index contributed by atoms with van der Waals surface area (Å²) in [5.74, 6) is 0.553. The lowest BCUT2D eigenvalue weighted by atomic mass is 10.2. The summed E-state index contributed by atoms with van der Waals surface area (Å²) in [7, 11) is 3.32. The van der Waals surface area contributed by atoms with E-state index < -0.39 is 6.04 Å². The number of carbonyl (C=O) groups is 2. The standard InChI is InChI=1S/C17H21N3O3/c1-19-13-7-4-3-6-12(13)18-15(19)9-10-16(21)20-11-5-8-14(20)17(22)23-2/h3-4,6-7,14H,5,8-11H2,1-2H3/t14-/m0/s1. The molecule has 1 fully saturated rings. The summed E-state index contributed by atoms with van der Waals surface area (Å²) in [5, 5.41) is 0. The summed E-state index contributed by atoms with van der Waals surface area (Å²) in [6, 6.07) is 7.49. The van der Waals surface area contributed by atoms with Gasteiger partial charge in [-0.2, -0.15) is 0 Å². The van der Waals surface area contributed by atoms with Crippen molar-refractivity contribution in [2.75, 3.05) is 13.7 Å². The van der Waals surface area contributed by atoms with Crippen molar-refractivity contribution in [1.82, 2.24) is 14.5 Å². The Morgan fingerprint density at radius 2 is 2.13 bits per heavy atom. The highest BCUT2D eigenvalue weighted by Gasteiger charge is 2.34. The van der Waals surface area contributed by atoms with Crippen molar-refractivity contribution < 1.29 is 14.3 Å². The van der Waals surface area contributed by atoms with Crippen LogP contribution in [0.15, 0.2) is 24.3 Å². The summed E-state index contributed by atoms with van der Waals surface area (Å²) in [6.45, 7) is 0.626.